The largest absolute Gasteiger partial charge is 0.466 e. The second-order valence-corrected chi connectivity index (χ2v) is 4.55. The molecule has 1 rings (SSSR count). The number of nitrogens with one attached hydrogen (secondary N) is 1. The van der Waals surface area contributed by atoms with E-state index in [1.54, 1.807) is 0 Å². The number of esters is 1. The van der Waals surface area contributed by atoms with E-state index in [1.165, 1.54) is 0 Å². The highest BCUT2D eigenvalue weighted by Gasteiger charge is 2.27. The molecule has 0 spiro atoms. The summed E-state index contributed by atoms with van der Waals surface area (Å²) < 4.78 is 5.01. The van der Waals surface area contributed by atoms with Crippen molar-refractivity contribution >= 4 is 11.8 Å². The average Bonchev–Trinajstić information content (AvgIpc) is 2.28. The first-order valence-electron chi connectivity index (χ1n) is 6.06. The molecule has 1 heterocycles. The van der Waals surface area contributed by atoms with Gasteiger partial charge >= 0.3 is 5.97 Å². The number of hydrogen-bond donors (Lipinski definition) is 1. The van der Waals surface area contributed by atoms with E-state index in [1.807, 2.05) is 20.8 Å². The molecule has 1 aliphatic rings. The summed E-state index contributed by atoms with van der Waals surface area (Å²) in [6.07, 6.45) is 1.63. The highest BCUT2D eigenvalue weighted by molar-refractivity contribution is 5.81. The Balaban J connectivity index is 2.39. The molecule has 92 valence electrons. The summed E-state index contributed by atoms with van der Waals surface area (Å²) >= 11 is 0. The van der Waals surface area contributed by atoms with Crippen LogP contribution >= 0.6 is 0 Å². The van der Waals surface area contributed by atoms with Gasteiger partial charge < -0.3 is 9.64 Å². The molecule has 0 saturated carbocycles. The molecule has 0 bridgehead atoms. The molecule has 0 aromatic carbocycles. The minimum atomic E-state index is -0.0711. The van der Waals surface area contributed by atoms with Crippen molar-refractivity contribution in [2.45, 2.75) is 33.6 Å². The fourth-order valence-corrected chi connectivity index (χ4v) is 1.98. The molecule has 1 fully saturated rings. The van der Waals surface area contributed by atoms with E-state index in [0.717, 1.165) is 25.9 Å². The van der Waals surface area contributed by atoms with Crippen molar-refractivity contribution in [3.63, 3.8) is 0 Å². The number of carbonyl (C=O) groups excluding carboxylic acids is 1. The number of rotatable bonds is 3. The van der Waals surface area contributed by atoms with Gasteiger partial charge in [0.1, 0.15) is 0 Å². The predicted molar refractivity (Wildman–Crippen MR) is 63.5 cm³/mol. The maximum absolute atomic E-state index is 11.5. The van der Waals surface area contributed by atoms with Gasteiger partial charge in [-0.1, -0.05) is 13.8 Å². The number of hydrogen-bond acceptors (Lipinski definition) is 3. The number of likely N-dealkylation sites (tertiary alicyclic amines) is 1. The fourth-order valence-electron chi connectivity index (χ4n) is 1.98. The monoisotopic (exact) mass is 226 g/mol. The quantitative estimate of drug-likeness (QED) is 0.454. The lowest BCUT2D eigenvalue weighted by atomic mass is 9.96. The molecule has 0 radical (unpaired) electrons. The summed E-state index contributed by atoms with van der Waals surface area (Å²) in [5, 5.41) is 7.90. The predicted octanol–water partition coefficient (Wildman–Crippen LogP) is 1.89. The molecule has 4 nitrogen and oxygen atoms in total. The standard InChI is InChI=1S/C12H22N2O2/c1-4-16-12(15)10-5-7-14(8-6-10)11(13)9(2)3/h9-10,13H,4-8H2,1-3H3. The summed E-state index contributed by atoms with van der Waals surface area (Å²) in [4.78, 5) is 13.6. The van der Waals surface area contributed by atoms with Crippen LogP contribution in [0.25, 0.3) is 0 Å². The van der Waals surface area contributed by atoms with Crippen molar-refractivity contribution in [2.75, 3.05) is 19.7 Å². The lowest BCUT2D eigenvalue weighted by Crippen LogP contribution is -2.42. The normalized spacial score (nSPS) is 17.6. The first-order chi connectivity index (χ1) is 7.56. The van der Waals surface area contributed by atoms with Crippen LogP contribution in [0.5, 0.6) is 0 Å². The smallest absolute Gasteiger partial charge is 0.309 e. The van der Waals surface area contributed by atoms with Crippen LogP contribution in [0.1, 0.15) is 33.6 Å². The van der Waals surface area contributed by atoms with Gasteiger partial charge in [-0.15, -0.1) is 0 Å². The molecular weight excluding hydrogens is 204 g/mol. The topological polar surface area (TPSA) is 53.4 Å². The lowest BCUT2D eigenvalue weighted by molar-refractivity contribution is -0.149. The molecule has 0 amide bonds. The van der Waals surface area contributed by atoms with Crippen LogP contribution in [0.4, 0.5) is 0 Å². The Morgan fingerprint density at radius 3 is 2.44 bits per heavy atom. The molecule has 1 N–H and O–H groups in total. The molecule has 0 aliphatic carbocycles. The summed E-state index contributed by atoms with van der Waals surface area (Å²) in [6.45, 7) is 7.96. The van der Waals surface area contributed by atoms with Crippen molar-refractivity contribution < 1.29 is 9.53 Å². The van der Waals surface area contributed by atoms with E-state index in [9.17, 15) is 4.79 Å². The van der Waals surface area contributed by atoms with Gasteiger partial charge in [-0.05, 0) is 19.8 Å². The zero-order chi connectivity index (χ0) is 12.1. The van der Waals surface area contributed by atoms with Gasteiger partial charge in [0, 0.05) is 19.0 Å². The zero-order valence-electron chi connectivity index (χ0n) is 10.5. The molecule has 0 atom stereocenters. The molecule has 1 saturated heterocycles. The first-order valence-corrected chi connectivity index (χ1v) is 6.06. The van der Waals surface area contributed by atoms with Crippen LogP contribution in [-0.2, 0) is 9.53 Å². The summed E-state index contributed by atoms with van der Waals surface area (Å²) in [7, 11) is 0. The van der Waals surface area contributed by atoms with Gasteiger partial charge in [0.25, 0.3) is 0 Å². The minimum absolute atomic E-state index is 0.0381. The van der Waals surface area contributed by atoms with Gasteiger partial charge in [-0.3, -0.25) is 10.2 Å². The summed E-state index contributed by atoms with van der Waals surface area (Å²) in [5.74, 6) is 0.913. The molecule has 1 aliphatic heterocycles. The van der Waals surface area contributed by atoms with Crippen LogP contribution in [0, 0.1) is 17.2 Å². The maximum atomic E-state index is 11.5. The van der Waals surface area contributed by atoms with Crippen molar-refractivity contribution in [1.29, 1.82) is 5.41 Å². The SMILES string of the molecule is CCOC(=O)C1CCN(C(=N)C(C)C)CC1. The second kappa shape index (κ2) is 5.87. The van der Waals surface area contributed by atoms with Crippen LogP contribution in [0.3, 0.4) is 0 Å². The van der Waals surface area contributed by atoms with Crippen LogP contribution in [-0.4, -0.2) is 36.4 Å². The van der Waals surface area contributed by atoms with E-state index in [-0.39, 0.29) is 17.8 Å². The van der Waals surface area contributed by atoms with Crippen molar-refractivity contribution in [1.82, 2.24) is 4.90 Å². The van der Waals surface area contributed by atoms with E-state index in [2.05, 4.69) is 4.90 Å². The van der Waals surface area contributed by atoms with Crippen LogP contribution in [0.15, 0.2) is 0 Å². The number of piperidine rings is 1. The van der Waals surface area contributed by atoms with E-state index >= 15 is 0 Å². The Morgan fingerprint density at radius 1 is 1.44 bits per heavy atom. The Morgan fingerprint density at radius 2 is 2.00 bits per heavy atom. The highest BCUT2D eigenvalue weighted by atomic mass is 16.5. The van der Waals surface area contributed by atoms with Crippen molar-refractivity contribution in [2.24, 2.45) is 11.8 Å². The number of ether oxygens (including phenoxy) is 1. The van der Waals surface area contributed by atoms with Crippen LogP contribution in [0.2, 0.25) is 0 Å². The second-order valence-electron chi connectivity index (χ2n) is 4.55. The molecule has 4 heteroatoms. The minimum Gasteiger partial charge on any atom is -0.466 e. The molecular formula is C12H22N2O2. The fraction of sp³-hybridized carbons (Fsp3) is 0.833. The summed E-state index contributed by atoms with van der Waals surface area (Å²) in [5.41, 5.74) is 0. The van der Waals surface area contributed by atoms with E-state index in [0.29, 0.717) is 12.4 Å². The molecule has 16 heavy (non-hydrogen) atoms. The number of nitrogens with zero attached hydrogens (tertiary/aromatic N) is 1. The Labute approximate surface area is 97.5 Å². The Hall–Kier alpha value is -1.06. The van der Waals surface area contributed by atoms with E-state index in [4.69, 9.17) is 10.1 Å². The van der Waals surface area contributed by atoms with Gasteiger partial charge in [-0.25, -0.2) is 0 Å². The summed E-state index contributed by atoms with van der Waals surface area (Å²) in [6, 6.07) is 0. The zero-order valence-corrected chi connectivity index (χ0v) is 10.5. The van der Waals surface area contributed by atoms with E-state index < -0.39 is 0 Å². The first kappa shape index (κ1) is 13.0. The van der Waals surface area contributed by atoms with Crippen molar-refractivity contribution in [3.8, 4) is 0 Å². The van der Waals surface area contributed by atoms with Gasteiger partial charge in [0.2, 0.25) is 0 Å². The third kappa shape index (κ3) is 3.22. The van der Waals surface area contributed by atoms with Gasteiger partial charge in [0.15, 0.2) is 0 Å². The lowest BCUT2D eigenvalue weighted by Gasteiger charge is -2.33. The average molecular weight is 226 g/mol. The highest BCUT2D eigenvalue weighted by Crippen LogP contribution is 2.20. The maximum Gasteiger partial charge on any atom is 0.309 e. The van der Waals surface area contributed by atoms with Crippen LogP contribution < -0.4 is 0 Å². The van der Waals surface area contributed by atoms with Gasteiger partial charge in [0.05, 0.1) is 18.4 Å². The van der Waals surface area contributed by atoms with Gasteiger partial charge in [-0.2, -0.15) is 0 Å². The third-order valence-corrected chi connectivity index (χ3v) is 3.00. The Bertz CT molecular complexity index is 256. The molecule has 0 aromatic rings. The Kier molecular flexibility index (Phi) is 4.77. The molecule has 0 unspecified atom stereocenters. The number of amidine groups is 1. The molecule has 0 aromatic heterocycles. The number of carbonyl (C=O) groups is 1. The third-order valence-electron chi connectivity index (χ3n) is 3.00. The van der Waals surface area contributed by atoms with Crippen molar-refractivity contribution in [3.05, 3.63) is 0 Å².